The van der Waals surface area contributed by atoms with Gasteiger partial charge in [-0.05, 0) is 57.3 Å². The zero-order chi connectivity index (χ0) is 67.7. The van der Waals surface area contributed by atoms with E-state index in [0.717, 1.165) is 128 Å². The van der Waals surface area contributed by atoms with Gasteiger partial charge in [0.15, 0.2) is 12.2 Å². The zero-order valence-corrected chi connectivity index (χ0v) is 61.0. The molecule has 0 aromatic rings. The van der Waals surface area contributed by atoms with E-state index >= 15 is 0 Å². The number of aliphatic hydroxyl groups excluding tert-OH is 1. The highest BCUT2D eigenvalue weighted by atomic mass is 31.2. The van der Waals surface area contributed by atoms with Gasteiger partial charge in [-0.2, -0.15) is 0 Å². The van der Waals surface area contributed by atoms with Crippen LogP contribution in [0.4, 0.5) is 0 Å². The van der Waals surface area contributed by atoms with Crippen molar-refractivity contribution in [3.05, 3.63) is 24.3 Å². The van der Waals surface area contributed by atoms with Crippen LogP contribution in [0.15, 0.2) is 24.3 Å². The molecule has 92 heavy (non-hydrogen) atoms. The van der Waals surface area contributed by atoms with Crippen LogP contribution in [0.25, 0.3) is 0 Å². The second-order valence-corrected chi connectivity index (χ2v) is 29.0. The van der Waals surface area contributed by atoms with Gasteiger partial charge in [-0.15, -0.1) is 0 Å². The monoisotopic (exact) mass is 1350 g/mol. The van der Waals surface area contributed by atoms with Crippen LogP contribution >= 0.6 is 15.6 Å². The van der Waals surface area contributed by atoms with Gasteiger partial charge >= 0.3 is 39.5 Å². The van der Waals surface area contributed by atoms with Crippen LogP contribution in [0.2, 0.25) is 0 Å². The molecule has 0 spiro atoms. The van der Waals surface area contributed by atoms with Gasteiger partial charge in [0.05, 0.1) is 26.4 Å². The minimum Gasteiger partial charge on any atom is -0.462 e. The molecule has 0 fully saturated rings. The summed E-state index contributed by atoms with van der Waals surface area (Å²) >= 11 is 0. The molecule has 0 rings (SSSR count). The molecular formula is C73H138O17P2. The Labute approximate surface area is 561 Å². The highest BCUT2D eigenvalue weighted by Gasteiger charge is 2.30. The van der Waals surface area contributed by atoms with E-state index in [4.69, 9.17) is 37.0 Å². The third-order valence-electron chi connectivity index (χ3n) is 16.4. The highest BCUT2D eigenvalue weighted by Crippen LogP contribution is 2.45. The van der Waals surface area contributed by atoms with E-state index in [2.05, 4.69) is 58.9 Å². The quantitative estimate of drug-likeness (QED) is 0.0169. The molecule has 0 amide bonds. The van der Waals surface area contributed by atoms with E-state index in [1.807, 2.05) is 0 Å². The molecule has 19 heteroatoms. The Kier molecular flexibility index (Phi) is 64.0. The number of esters is 4. The number of rotatable bonds is 71. The molecule has 0 aromatic carbocycles. The van der Waals surface area contributed by atoms with Gasteiger partial charge in [0, 0.05) is 25.7 Å². The predicted molar refractivity (Wildman–Crippen MR) is 372 cm³/mol. The Balaban J connectivity index is 5.24. The Hall–Kier alpha value is -2.46. The summed E-state index contributed by atoms with van der Waals surface area (Å²) in [5.41, 5.74) is 0. The molecule has 0 aliphatic rings. The second kappa shape index (κ2) is 65.8. The van der Waals surface area contributed by atoms with Gasteiger partial charge in [-0.3, -0.25) is 37.3 Å². The molecule has 0 aliphatic heterocycles. The largest absolute Gasteiger partial charge is 0.472 e. The highest BCUT2D eigenvalue weighted by molar-refractivity contribution is 7.47. The Morgan fingerprint density at radius 1 is 0.337 bits per heavy atom. The van der Waals surface area contributed by atoms with Crippen LogP contribution in [0.5, 0.6) is 0 Å². The maximum Gasteiger partial charge on any atom is 0.472 e. The number of hydrogen-bond donors (Lipinski definition) is 3. The third-order valence-corrected chi connectivity index (χ3v) is 18.3. The summed E-state index contributed by atoms with van der Waals surface area (Å²) < 4.78 is 68.3. The third kappa shape index (κ3) is 66.2. The smallest absolute Gasteiger partial charge is 0.462 e. The molecular weight excluding hydrogens is 1210 g/mol. The lowest BCUT2D eigenvalue weighted by Crippen LogP contribution is -2.30. The summed E-state index contributed by atoms with van der Waals surface area (Å²) in [5, 5.41) is 10.6. The molecule has 0 bridgehead atoms. The predicted octanol–water partition coefficient (Wildman–Crippen LogP) is 20.9. The lowest BCUT2D eigenvalue weighted by molar-refractivity contribution is -0.161. The molecule has 0 radical (unpaired) electrons. The summed E-state index contributed by atoms with van der Waals surface area (Å²) in [6, 6.07) is 0. The first-order valence-corrected chi connectivity index (χ1v) is 40.4. The number of aliphatic hydroxyl groups is 1. The van der Waals surface area contributed by atoms with Crippen molar-refractivity contribution in [1.82, 2.24) is 0 Å². The number of allylic oxidation sites excluding steroid dienone is 4. The van der Waals surface area contributed by atoms with Crippen molar-refractivity contribution >= 4 is 39.5 Å². The summed E-state index contributed by atoms with van der Waals surface area (Å²) in [4.78, 5) is 72.5. The van der Waals surface area contributed by atoms with E-state index in [1.165, 1.54) is 148 Å². The van der Waals surface area contributed by atoms with E-state index in [1.54, 1.807) is 0 Å². The molecule has 542 valence electrons. The molecule has 0 saturated carbocycles. The number of unbranched alkanes of at least 4 members (excludes halogenated alkanes) is 40. The summed E-state index contributed by atoms with van der Waals surface area (Å²) in [6.45, 7) is 7.16. The maximum atomic E-state index is 13.0. The molecule has 0 aliphatic carbocycles. The first-order valence-electron chi connectivity index (χ1n) is 37.5. The van der Waals surface area contributed by atoms with Crippen molar-refractivity contribution in [1.29, 1.82) is 0 Å². The Morgan fingerprint density at radius 2 is 0.587 bits per heavy atom. The minimum atomic E-state index is -4.96. The summed E-state index contributed by atoms with van der Waals surface area (Å²) in [5.74, 6) is -1.39. The standard InChI is InChI=1S/C73H138O17P2/c1-6-9-12-15-18-20-22-24-26-28-30-34-38-43-48-53-58-72(77)90-69(63-84-71(76)57-52-47-42-37-33-29-27-25-23-21-19-16-13-10-7-2)65-88-92(81,82)86-61-67(74)60-85-91(79,80)87-64-68(62-83-70(75)56-51-46-40-17-14-11-8-3)89-73(78)59-54-49-44-39-35-31-32-36-41-45-50-55-66(4)5/h21,23,25,27,66-69,74H,6-20,22,24,26,28-65H2,1-5H3,(H,79,80)(H,81,82)/b23-21-,27-25-/t67-,68+,69+/m0/s1. The van der Waals surface area contributed by atoms with Crippen molar-refractivity contribution in [3.8, 4) is 0 Å². The normalized spacial score (nSPS) is 14.2. The van der Waals surface area contributed by atoms with Crippen molar-refractivity contribution in [3.63, 3.8) is 0 Å². The van der Waals surface area contributed by atoms with Crippen LogP contribution in [0.3, 0.4) is 0 Å². The van der Waals surface area contributed by atoms with Crippen LogP contribution in [-0.4, -0.2) is 96.7 Å². The van der Waals surface area contributed by atoms with Gasteiger partial charge in [0.2, 0.25) is 0 Å². The topological polar surface area (TPSA) is 237 Å². The number of carbonyl (C=O) groups excluding carboxylic acids is 4. The zero-order valence-electron chi connectivity index (χ0n) is 59.2. The first-order chi connectivity index (χ1) is 44.5. The number of ether oxygens (including phenoxy) is 4. The average Bonchev–Trinajstić information content (AvgIpc) is 2.64. The van der Waals surface area contributed by atoms with Gasteiger partial charge < -0.3 is 33.8 Å². The SMILES string of the molecule is CCCCCC/C=C\C=C/CCCCCCCC(=O)OC[C@H](COP(=O)(O)OC[C@@H](O)COP(=O)(O)OC[C@@H](COC(=O)CCCCCCCCC)OC(=O)CCCCCCCCCCCCCC(C)C)OC(=O)CCCCCCCCCCCCCCCCCC. The van der Waals surface area contributed by atoms with Crippen LogP contribution in [0, 0.1) is 5.92 Å². The van der Waals surface area contributed by atoms with Gasteiger partial charge in [-0.25, -0.2) is 9.13 Å². The van der Waals surface area contributed by atoms with Crippen LogP contribution < -0.4 is 0 Å². The summed E-state index contributed by atoms with van der Waals surface area (Å²) in [6.07, 6.45) is 56.4. The maximum absolute atomic E-state index is 13.0. The number of hydrogen-bond acceptors (Lipinski definition) is 15. The molecule has 0 aromatic heterocycles. The number of phosphoric ester groups is 2. The van der Waals surface area contributed by atoms with Gasteiger partial charge in [-0.1, -0.05) is 303 Å². The van der Waals surface area contributed by atoms with E-state index in [9.17, 15) is 43.2 Å². The first kappa shape index (κ1) is 89.5. The van der Waals surface area contributed by atoms with Gasteiger partial charge in [0.25, 0.3) is 0 Å². The number of phosphoric acid groups is 2. The number of carbonyl (C=O) groups is 4. The molecule has 3 N–H and O–H groups in total. The molecule has 5 atom stereocenters. The molecule has 0 heterocycles. The average molecular weight is 1350 g/mol. The van der Waals surface area contributed by atoms with Crippen molar-refractivity contribution < 1.29 is 80.2 Å². The fraction of sp³-hybridized carbons (Fsp3) is 0.890. The van der Waals surface area contributed by atoms with Crippen molar-refractivity contribution in [2.75, 3.05) is 39.6 Å². The minimum absolute atomic E-state index is 0.101. The van der Waals surface area contributed by atoms with Crippen LogP contribution in [0.1, 0.15) is 356 Å². The van der Waals surface area contributed by atoms with Crippen molar-refractivity contribution in [2.24, 2.45) is 5.92 Å². The molecule has 17 nitrogen and oxygen atoms in total. The van der Waals surface area contributed by atoms with E-state index in [-0.39, 0.29) is 25.7 Å². The van der Waals surface area contributed by atoms with E-state index in [0.29, 0.717) is 25.7 Å². The lowest BCUT2D eigenvalue weighted by Gasteiger charge is -2.21. The second-order valence-electron chi connectivity index (χ2n) is 26.1. The van der Waals surface area contributed by atoms with Gasteiger partial charge in [0.1, 0.15) is 19.3 Å². The van der Waals surface area contributed by atoms with Crippen molar-refractivity contribution in [2.45, 2.75) is 374 Å². The molecule has 2 unspecified atom stereocenters. The van der Waals surface area contributed by atoms with Crippen LogP contribution in [-0.2, 0) is 65.4 Å². The molecule has 0 saturated heterocycles. The fourth-order valence-electron chi connectivity index (χ4n) is 10.6. The Bertz CT molecular complexity index is 1860. The lowest BCUT2D eigenvalue weighted by atomic mass is 10.0. The summed E-state index contributed by atoms with van der Waals surface area (Å²) in [7, 11) is -9.91. The fourth-order valence-corrected chi connectivity index (χ4v) is 12.2. The Morgan fingerprint density at radius 3 is 0.891 bits per heavy atom. The van der Waals surface area contributed by atoms with E-state index < -0.39 is 97.5 Å².